The van der Waals surface area contributed by atoms with Gasteiger partial charge >= 0.3 is 0 Å². The van der Waals surface area contributed by atoms with E-state index >= 15 is 0 Å². The number of rotatable bonds is 6. The molecule has 1 aliphatic heterocycles. The Morgan fingerprint density at radius 2 is 1.93 bits per heavy atom. The van der Waals surface area contributed by atoms with E-state index in [1.54, 1.807) is 11.2 Å². The molecule has 6 nitrogen and oxygen atoms in total. The lowest BCUT2D eigenvalue weighted by atomic mass is 10.0. The number of fused-ring (bicyclic) bond motifs is 1. The van der Waals surface area contributed by atoms with Crippen molar-refractivity contribution in [3.05, 3.63) is 83.8 Å². The summed E-state index contributed by atoms with van der Waals surface area (Å²) in [6.07, 6.45) is 1.79. The summed E-state index contributed by atoms with van der Waals surface area (Å²) in [5.74, 6) is 0.702. The Morgan fingerprint density at radius 1 is 1.14 bits per heavy atom. The van der Waals surface area contributed by atoms with Gasteiger partial charge in [0.15, 0.2) is 0 Å². The molecule has 0 aliphatic carbocycles. The van der Waals surface area contributed by atoms with Crippen molar-refractivity contribution >= 4 is 17.3 Å². The lowest BCUT2D eigenvalue weighted by Crippen LogP contribution is -2.42. The SMILES string of the molecule is CN(CCC#N)c1ccc([C@@H]2Nc3ccccc3C(=O)N2Cc2ccco2)cc1. The number of nitriles is 1. The van der Waals surface area contributed by atoms with Gasteiger partial charge in [0, 0.05) is 25.0 Å². The van der Waals surface area contributed by atoms with Crippen LogP contribution in [0.3, 0.4) is 0 Å². The summed E-state index contributed by atoms with van der Waals surface area (Å²) in [6, 6.07) is 21.5. The first kappa shape index (κ1) is 18.6. The number of furan rings is 1. The number of carbonyl (C=O) groups excluding carboxylic acids is 1. The second kappa shape index (κ2) is 8.11. The highest BCUT2D eigenvalue weighted by atomic mass is 16.3. The normalized spacial score (nSPS) is 15.4. The van der Waals surface area contributed by atoms with Crippen LogP contribution in [0.25, 0.3) is 0 Å². The Hall–Kier alpha value is -3.72. The molecule has 1 N–H and O–H groups in total. The van der Waals surface area contributed by atoms with Gasteiger partial charge in [-0.2, -0.15) is 5.26 Å². The molecule has 1 aromatic heterocycles. The number of benzene rings is 2. The van der Waals surface area contributed by atoms with Crippen molar-refractivity contribution in [2.75, 3.05) is 23.8 Å². The summed E-state index contributed by atoms with van der Waals surface area (Å²) < 4.78 is 5.49. The zero-order valence-corrected chi connectivity index (χ0v) is 16.2. The summed E-state index contributed by atoms with van der Waals surface area (Å²) >= 11 is 0. The van der Waals surface area contributed by atoms with Crippen molar-refractivity contribution in [3.8, 4) is 6.07 Å². The van der Waals surface area contributed by atoms with Gasteiger partial charge in [-0.3, -0.25) is 4.79 Å². The Labute approximate surface area is 170 Å². The summed E-state index contributed by atoms with van der Waals surface area (Å²) in [6.45, 7) is 1.05. The van der Waals surface area contributed by atoms with E-state index in [2.05, 4.69) is 11.4 Å². The smallest absolute Gasteiger partial charge is 0.258 e. The molecule has 0 bridgehead atoms. The van der Waals surface area contributed by atoms with Gasteiger partial charge in [-0.25, -0.2) is 0 Å². The third-order valence-corrected chi connectivity index (χ3v) is 5.14. The second-order valence-electron chi connectivity index (χ2n) is 7.03. The minimum absolute atomic E-state index is 0.0315. The van der Waals surface area contributed by atoms with Crippen molar-refractivity contribution < 1.29 is 9.21 Å². The first-order valence-corrected chi connectivity index (χ1v) is 9.54. The number of hydrogen-bond donors (Lipinski definition) is 1. The minimum atomic E-state index is -0.305. The molecule has 2 aromatic carbocycles. The fraction of sp³-hybridized carbons (Fsp3) is 0.217. The maximum absolute atomic E-state index is 13.2. The van der Waals surface area contributed by atoms with Crippen LogP contribution in [-0.4, -0.2) is 24.4 Å². The van der Waals surface area contributed by atoms with Crippen LogP contribution in [0, 0.1) is 11.3 Å². The molecule has 3 aromatic rings. The molecule has 2 heterocycles. The molecule has 6 heteroatoms. The standard InChI is InChI=1S/C23H22N4O2/c1-26(14-5-13-24)18-11-9-17(10-12-18)22-25-21-8-3-2-7-20(21)23(28)27(22)16-19-6-4-15-29-19/h2-4,6-12,15,22,25H,5,14,16H2,1H3/t22-/m1/s1. The highest BCUT2D eigenvalue weighted by Crippen LogP contribution is 2.34. The number of nitrogens with one attached hydrogen (secondary N) is 1. The number of anilines is 2. The molecule has 1 atom stereocenters. The van der Waals surface area contributed by atoms with Gasteiger partial charge in [-0.15, -0.1) is 0 Å². The van der Waals surface area contributed by atoms with Gasteiger partial charge in [0.1, 0.15) is 11.9 Å². The Bertz CT molecular complexity index is 1020. The number of nitrogens with zero attached hydrogens (tertiary/aromatic N) is 3. The van der Waals surface area contributed by atoms with Crippen molar-refractivity contribution in [1.82, 2.24) is 4.90 Å². The molecule has 1 amide bonds. The predicted molar refractivity (Wildman–Crippen MR) is 111 cm³/mol. The lowest BCUT2D eigenvalue weighted by molar-refractivity contribution is 0.0651. The van der Waals surface area contributed by atoms with Gasteiger partial charge < -0.3 is 19.5 Å². The van der Waals surface area contributed by atoms with Crippen LogP contribution < -0.4 is 10.2 Å². The van der Waals surface area contributed by atoms with E-state index in [0.717, 1.165) is 22.7 Å². The maximum atomic E-state index is 13.2. The molecule has 1 aliphatic rings. The van der Waals surface area contributed by atoms with Crippen molar-refractivity contribution in [1.29, 1.82) is 5.26 Å². The summed E-state index contributed by atoms with van der Waals surface area (Å²) in [4.78, 5) is 17.1. The molecular weight excluding hydrogens is 364 g/mol. The average molecular weight is 386 g/mol. The Morgan fingerprint density at radius 3 is 2.66 bits per heavy atom. The third kappa shape index (κ3) is 3.81. The molecule has 0 radical (unpaired) electrons. The average Bonchev–Trinajstić information content (AvgIpc) is 3.27. The first-order valence-electron chi connectivity index (χ1n) is 9.54. The summed E-state index contributed by atoms with van der Waals surface area (Å²) in [5.41, 5.74) is 3.50. The molecule has 0 fully saturated rings. The lowest BCUT2D eigenvalue weighted by Gasteiger charge is -2.38. The number of amides is 1. The number of carbonyl (C=O) groups is 1. The topological polar surface area (TPSA) is 72.5 Å². The molecule has 146 valence electrons. The molecule has 4 rings (SSSR count). The van der Waals surface area contributed by atoms with Gasteiger partial charge in [-0.05, 0) is 42.0 Å². The molecule has 0 saturated heterocycles. The molecule has 0 saturated carbocycles. The quantitative estimate of drug-likeness (QED) is 0.680. The van der Waals surface area contributed by atoms with Crippen molar-refractivity contribution in [3.63, 3.8) is 0 Å². The molecule has 29 heavy (non-hydrogen) atoms. The van der Waals surface area contributed by atoms with Crippen LogP contribution in [-0.2, 0) is 6.54 Å². The number of hydrogen-bond acceptors (Lipinski definition) is 5. The Kier molecular flexibility index (Phi) is 5.21. The van der Waals surface area contributed by atoms with E-state index in [9.17, 15) is 4.79 Å². The van der Waals surface area contributed by atoms with Crippen LogP contribution in [0.4, 0.5) is 11.4 Å². The van der Waals surface area contributed by atoms with Crippen molar-refractivity contribution in [2.24, 2.45) is 0 Å². The highest BCUT2D eigenvalue weighted by molar-refractivity contribution is 6.01. The van der Waals surface area contributed by atoms with E-state index in [1.165, 1.54) is 0 Å². The zero-order chi connectivity index (χ0) is 20.2. The largest absolute Gasteiger partial charge is 0.467 e. The van der Waals surface area contributed by atoms with Gasteiger partial charge in [0.05, 0.1) is 30.9 Å². The number of para-hydroxylation sites is 1. The van der Waals surface area contributed by atoms with E-state index in [-0.39, 0.29) is 12.1 Å². The van der Waals surface area contributed by atoms with Gasteiger partial charge in [0.2, 0.25) is 0 Å². The Balaban J connectivity index is 1.64. The van der Waals surface area contributed by atoms with Gasteiger partial charge in [0.25, 0.3) is 5.91 Å². The van der Waals surface area contributed by atoms with Crippen LogP contribution >= 0.6 is 0 Å². The zero-order valence-electron chi connectivity index (χ0n) is 16.2. The van der Waals surface area contributed by atoms with E-state index in [0.29, 0.717) is 25.1 Å². The van der Waals surface area contributed by atoms with Crippen molar-refractivity contribution in [2.45, 2.75) is 19.1 Å². The molecule has 0 spiro atoms. The molecule has 0 unspecified atom stereocenters. The van der Waals surface area contributed by atoms with E-state index in [1.807, 2.05) is 72.6 Å². The third-order valence-electron chi connectivity index (χ3n) is 5.14. The fourth-order valence-electron chi connectivity index (χ4n) is 3.55. The minimum Gasteiger partial charge on any atom is -0.467 e. The summed E-state index contributed by atoms with van der Waals surface area (Å²) in [7, 11) is 1.97. The van der Waals surface area contributed by atoms with Crippen LogP contribution in [0.1, 0.15) is 34.3 Å². The van der Waals surface area contributed by atoms with Gasteiger partial charge in [-0.1, -0.05) is 24.3 Å². The molecular formula is C23H22N4O2. The van der Waals surface area contributed by atoms with E-state index in [4.69, 9.17) is 9.68 Å². The summed E-state index contributed by atoms with van der Waals surface area (Å²) in [5, 5.41) is 12.3. The van der Waals surface area contributed by atoms with Crippen LogP contribution in [0.2, 0.25) is 0 Å². The second-order valence-corrected chi connectivity index (χ2v) is 7.03. The fourth-order valence-corrected chi connectivity index (χ4v) is 3.55. The van der Waals surface area contributed by atoms with Crippen LogP contribution in [0.15, 0.2) is 71.3 Å². The van der Waals surface area contributed by atoms with E-state index < -0.39 is 0 Å². The predicted octanol–water partition coefficient (Wildman–Crippen LogP) is 4.40. The first-order chi connectivity index (χ1) is 14.2. The monoisotopic (exact) mass is 386 g/mol. The van der Waals surface area contributed by atoms with Crippen LogP contribution in [0.5, 0.6) is 0 Å². The maximum Gasteiger partial charge on any atom is 0.258 e. The highest BCUT2D eigenvalue weighted by Gasteiger charge is 2.33.